The monoisotopic (exact) mass is 426 g/mol. The number of halogens is 3. The molecule has 7 heteroatoms. The van der Waals surface area contributed by atoms with Gasteiger partial charge in [-0.25, -0.2) is 0 Å². The predicted molar refractivity (Wildman–Crippen MR) is 110 cm³/mol. The smallest absolute Gasteiger partial charge is 0.320 e. The minimum absolute atomic E-state index is 0.0480. The third-order valence-electron chi connectivity index (χ3n) is 6.18. The second-order valence-corrected chi connectivity index (χ2v) is 9.47. The van der Waals surface area contributed by atoms with Crippen LogP contribution in [0.5, 0.6) is 0 Å². The van der Waals surface area contributed by atoms with E-state index in [-0.39, 0.29) is 24.7 Å². The number of ether oxygens (including phenoxy) is 1. The Morgan fingerprint density at radius 1 is 1.24 bits per heavy atom. The maximum atomic E-state index is 15.2. The molecular weight excluding hydrogens is 397 g/mol. The lowest BCUT2D eigenvalue weighted by Crippen LogP contribution is -2.48. The topological polar surface area (TPSA) is 25.4 Å². The molecule has 3 nitrogen and oxygen atoms in total. The van der Waals surface area contributed by atoms with Crippen LogP contribution in [0.15, 0.2) is 30.5 Å². The molecule has 0 amide bonds. The Balaban J connectivity index is 1.84. The van der Waals surface area contributed by atoms with Gasteiger partial charge in [-0.2, -0.15) is 13.2 Å². The molecule has 0 bridgehead atoms. The first-order chi connectivity index (χ1) is 13.6. The quantitative estimate of drug-likeness (QED) is 0.535. The summed E-state index contributed by atoms with van der Waals surface area (Å²) in [5, 5.41) is -0.285. The first kappa shape index (κ1) is 22.2. The molecule has 0 N–H and O–H groups in total. The van der Waals surface area contributed by atoms with E-state index in [0.717, 1.165) is 27.5 Å². The summed E-state index contributed by atoms with van der Waals surface area (Å²) in [6, 6.07) is 7.03. The fourth-order valence-corrected chi connectivity index (χ4v) is 4.86. The second kappa shape index (κ2) is 8.36. The SMILES string of the molecule is CCOC(F)(F)C1(CCc2ccc(F)s2)CCN(C(C)(C)c2ccc(C)nc2)C1. The highest BCUT2D eigenvalue weighted by Gasteiger charge is 2.59. The van der Waals surface area contributed by atoms with E-state index in [9.17, 15) is 4.39 Å². The molecule has 160 valence electrons. The largest absolute Gasteiger partial charge is 0.362 e. The Kier molecular flexibility index (Phi) is 6.41. The Morgan fingerprint density at radius 2 is 2.00 bits per heavy atom. The van der Waals surface area contributed by atoms with Crippen LogP contribution in [0.3, 0.4) is 0 Å². The average molecular weight is 427 g/mol. The van der Waals surface area contributed by atoms with E-state index in [1.54, 1.807) is 13.0 Å². The summed E-state index contributed by atoms with van der Waals surface area (Å²) in [6.45, 7) is 8.31. The minimum Gasteiger partial charge on any atom is -0.320 e. The molecule has 1 saturated heterocycles. The van der Waals surface area contributed by atoms with Crippen molar-refractivity contribution in [2.24, 2.45) is 5.41 Å². The number of hydrogen-bond acceptors (Lipinski definition) is 4. The van der Waals surface area contributed by atoms with Crippen LogP contribution in [0, 0.1) is 17.5 Å². The van der Waals surface area contributed by atoms with E-state index < -0.39 is 17.1 Å². The van der Waals surface area contributed by atoms with Gasteiger partial charge in [0, 0.05) is 28.9 Å². The van der Waals surface area contributed by atoms with Gasteiger partial charge in [0.1, 0.15) is 0 Å². The normalized spacial score (nSPS) is 21.1. The predicted octanol–water partition coefficient (Wildman–Crippen LogP) is 5.78. The van der Waals surface area contributed by atoms with Crippen LogP contribution in [0.25, 0.3) is 0 Å². The molecular formula is C22H29F3N2OS. The molecule has 1 aliphatic heterocycles. The Bertz CT molecular complexity index is 822. The molecule has 0 aliphatic carbocycles. The molecule has 1 unspecified atom stereocenters. The summed E-state index contributed by atoms with van der Waals surface area (Å²) in [5.41, 5.74) is 0.184. The number of pyridine rings is 1. The zero-order valence-electron chi connectivity index (χ0n) is 17.5. The molecule has 0 aromatic carbocycles. The summed E-state index contributed by atoms with van der Waals surface area (Å²) >= 11 is 1.02. The van der Waals surface area contributed by atoms with E-state index in [1.165, 1.54) is 6.07 Å². The zero-order chi connectivity index (χ0) is 21.3. The molecule has 0 spiro atoms. The maximum Gasteiger partial charge on any atom is 0.362 e. The van der Waals surface area contributed by atoms with Crippen LogP contribution in [0.4, 0.5) is 13.2 Å². The molecule has 1 aliphatic rings. The molecule has 0 saturated carbocycles. The summed E-state index contributed by atoms with van der Waals surface area (Å²) in [7, 11) is 0. The Hall–Kier alpha value is -1.44. The number of nitrogens with zero attached hydrogens (tertiary/aromatic N) is 2. The van der Waals surface area contributed by atoms with Crippen LogP contribution in [-0.4, -0.2) is 35.7 Å². The van der Waals surface area contributed by atoms with Gasteiger partial charge in [0.25, 0.3) is 0 Å². The molecule has 3 rings (SSSR count). The first-order valence-electron chi connectivity index (χ1n) is 10.0. The van der Waals surface area contributed by atoms with Crippen molar-refractivity contribution < 1.29 is 17.9 Å². The van der Waals surface area contributed by atoms with Gasteiger partial charge in [-0.05, 0) is 77.3 Å². The second-order valence-electron chi connectivity index (χ2n) is 8.35. The number of thiophene rings is 1. The van der Waals surface area contributed by atoms with Gasteiger partial charge in [-0.3, -0.25) is 9.88 Å². The van der Waals surface area contributed by atoms with Crippen LogP contribution >= 0.6 is 11.3 Å². The zero-order valence-corrected chi connectivity index (χ0v) is 18.3. The fraction of sp³-hybridized carbons (Fsp3) is 0.591. The number of aryl methyl sites for hydroxylation is 2. The summed E-state index contributed by atoms with van der Waals surface area (Å²) < 4.78 is 48.6. The Morgan fingerprint density at radius 3 is 2.59 bits per heavy atom. The van der Waals surface area contributed by atoms with E-state index in [2.05, 4.69) is 9.88 Å². The standard InChI is InChI=1S/C22H29F3N2OS/c1-5-28-22(24,25)21(11-10-18-8-9-19(23)29-18)12-13-27(15-21)20(3,4)17-7-6-16(2)26-14-17/h6-9,14H,5,10-13,15H2,1-4H3. The molecule has 2 aromatic rings. The van der Waals surface area contributed by atoms with Crippen LogP contribution in [0.2, 0.25) is 0 Å². The lowest BCUT2D eigenvalue weighted by molar-refractivity contribution is -0.305. The minimum atomic E-state index is -3.24. The summed E-state index contributed by atoms with van der Waals surface area (Å²) in [5.74, 6) is 0. The summed E-state index contributed by atoms with van der Waals surface area (Å²) in [6.07, 6.45) is -0.425. The van der Waals surface area contributed by atoms with Crippen molar-refractivity contribution in [2.75, 3.05) is 19.7 Å². The van der Waals surface area contributed by atoms with E-state index >= 15 is 8.78 Å². The molecule has 0 radical (unpaired) electrons. The third-order valence-corrected chi connectivity index (χ3v) is 7.12. The Labute approximate surface area is 174 Å². The van der Waals surface area contributed by atoms with E-state index in [0.29, 0.717) is 19.4 Å². The maximum absolute atomic E-state index is 15.2. The van der Waals surface area contributed by atoms with E-state index in [4.69, 9.17) is 4.74 Å². The van der Waals surface area contributed by atoms with Crippen molar-refractivity contribution in [2.45, 2.75) is 58.6 Å². The number of rotatable bonds is 8. The van der Waals surface area contributed by atoms with Gasteiger partial charge in [-0.1, -0.05) is 6.07 Å². The van der Waals surface area contributed by atoms with Crippen molar-refractivity contribution in [3.8, 4) is 0 Å². The highest BCUT2D eigenvalue weighted by Crippen LogP contribution is 2.51. The van der Waals surface area contributed by atoms with Crippen LogP contribution in [-0.2, 0) is 16.7 Å². The van der Waals surface area contributed by atoms with Gasteiger partial charge < -0.3 is 4.74 Å². The average Bonchev–Trinajstić information content (AvgIpc) is 3.28. The fourth-order valence-electron chi connectivity index (χ4n) is 4.13. The summed E-state index contributed by atoms with van der Waals surface area (Å²) in [4.78, 5) is 7.26. The number of likely N-dealkylation sites (tertiary alicyclic amines) is 1. The molecule has 29 heavy (non-hydrogen) atoms. The van der Waals surface area contributed by atoms with Gasteiger partial charge in [0.05, 0.1) is 12.0 Å². The molecule has 1 fully saturated rings. The van der Waals surface area contributed by atoms with Gasteiger partial charge >= 0.3 is 6.11 Å². The highest BCUT2D eigenvalue weighted by molar-refractivity contribution is 7.10. The van der Waals surface area contributed by atoms with E-state index in [1.807, 2.05) is 39.1 Å². The molecule has 2 aromatic heterocycles. The van der Waals surface area contributed by atoms with Gasteiger partial charge in [0.2, 0.25) is 0 Å². The van der Waals surface area contributed by atoms with Crippen molar-refractivity contribution >= 4 is 11.3 Å². The van der Waals surface area contributed by atoms with Crippen molar-refractivity contribution in [1.82, 2.24) is 9.88 Å². The lowest BCUT2D eigenvalue weighted by atomic mass is 9.80. The number of hydrogen-bond donors (Lipinski definition) is 0. The number of aromatic nitrogens is 1. The molecule has 3 heterocycles. The third kappa shape index (κ3) is 4.52. The lowest BCUT2D eigenvalue weighted by Gasteiger charge is -2.40. The van der Waals surface area contributed by atoms with Crippen molar-refractivity contribution in [3.05, 3.63) is 51.7 Å². The highest BCUT2D eigenvalue weighted by atomic mass is 32.1. The van der Waals surface area contributed by atoms with Crippen LogP contribution < -0.4 is 0 Å². The van der Waals surface area contributed by atoms with Gasteiger partial charge in [0.15, 0.2) is 5.13 Å². The van der Waals surface area contributed by atoms with Gasteiger partial charge in [-0.15, -0.1) is 11.3 Å². The van der Waals surface area contributed by atoms with Crippen LogP contribution in [0.1, 0.15) is 49.7 Å². The van der Waals surface area contributed by atoms with Crippen molar-refractivity contribution in [3.63, 3.8) is 0 Å². The number of alkyl halides is 2. The first-order valence-corrected chi connectivity index (χ1v) is 10.9. The van der Waals surface area contributed by atoms with Crippen molar-refractivity contribution in [1.29, 1.82) is 0 Å². The molecule has 1 atom stereocenters.